The third-order valence-corrected chi connectivity index (χ3v) is 3.62. The summed E-state index contributed by atoms with van der Waals surface area (Å²) in [4.78, 5) is 24.7. The number of rotatable bonds is 3. The van der Waals surface area contributed by atoms with E-state index in [1.165, 1.54) is 12.1 Å². The van der Waals surface area contributed by atoms with Crippen LogP contribution in [-0.2, 0) is 4.74 Å². The molecule has 1 unspecified atom stereocenters. The van der Waals surface area contributed by atoms with Crippen molar-refractivity contribution in [3.05, 3.63) is 28.2 Å². The maximum absolute atomic E-state index is 12.1. The predicted molar refractivity (Wildman–Crippen MR) is 77.1 cm³/mol. The summed E-state index contributed by atoms with van der Waals surface area (Å²) in [6.45, 7) is 1.17. The van der Waals surface area contributed by atoms with Crippen molar-refractivity contribution in [3.8, 4) is 0 Å². The van der Waals surface area contributed by atoms with Crippen LogP contribution in [0.5, 0.6) is 0 Å². The van der Waals surface area contributed by atoms with Gasteiger partial charge in [-0.15, -0.1) is 0 Å². The molecule has 6 nitrogen and oxygen atoms in total. The zero-order valence-electron chi connectivity index (χ0n) is 10.9. The minimum atomic E-state index is -1.04. The normalized spacial score (nSPS) is 18.1. The summed E-state index contributed by atoms with van der Waals surface area (Å²) in [6.07, 6.45) is 0.876. The van der Waals surface area contributed by atoms with Gasteiger partial charge in [-0.1, -0.05) is 15.9 Å². The first kappa shape index (κ1) is 14.8. The number of hydrogen-bond acceptors (Lipinski definition) is 3. The zero-order valence-corrected chi connectivity index (χ0v) is 12.5. The number of nitrogens with one attached hydrogen (secondary N) is 1. The van der Waals surface area contributed by atoms with Crippen LogP contribution >= 0.6 is 15.9 Å². The molecule has 0 spiro atoms. The van der Waals surface area contributed by atoms with E-state index in [4.69, 9.17) is 9.84 Å². The predicted octanol–water partition coefficient (Wildman–Crippen LogP) is 2.40. The second-order valence-corrected chi connectivity index (χ2v) is 5.47. The fraction of sp³-hybridized carbons (Fsp3) is 0.385. The summed E-state index contributed by atoms with van der Waals surface area (Å²) < 4.78 is 5.81. The first-order valence-corrected chi connectivity index (χ1v) is 6.91. The average molecular weight is 343 g/mol. The highest BCUT2D eigenvalue weighted by Crippen LogP contribution is 2.21. The summed E-state index contributed by atoms with van der Waals surface area (Å²) in [7, 11) is 1.62. The summed E-state index contributed by atoms with van der Waals surface area (Å²) in [5.74, 6) is -1.04. The number of urea groups is 1. The molecule has 1 atom stereocenters. The van der Waals surface area contributed by atoms with E-state index in [2.05, 4.69) is 21.2 Å². The van der Waals surface area contributed by atoms with Gasteiger partial charge in [-0.2, -0.15) is 0 Å². The number of aromatic carboxylic acids is 1. The van der Waals surface area contributed by atoms with Crippen molar-refractivity contribution in [1.29, 1.82) is 0 Å². The average Bonchev–Trinajstić information content (AvgIpc) is 2.86. The number of amides is 2. The standard InChI is InChI=1S/C13H15BrN2O4/c1-20-11-2-3-16(7-11)13(19)15-10-5-8(12(17)18)4-9(14)6-10/h4-6,11H,2-3,7H2,1H3,(H,15,19)(H,17,18). The molecular formula is C13H15BrN2O4. The van der Waals surface area contributed by atoms with Gasteiger partial charge in [-0.05, 0) is 24.6 Å². The van der Waals surface area contributed by atoms with Crippen molar-refractivity contribution in [3.63, 3.8) is 0 Å². The number of hydrogen-bond donors (Lipinski definition) is 2. The maximum Gasteiger partial charge on any atom is 0.335 e. The lowest BCUT2D eigenvalue weighted by molar-refractivity contribution is 0.0697. The lowest BCUT2D eigenvalue weighted by Gasteiger charge is -2.17. The van der Waals surface area contributed by atoms with E-state index in [9.17, 15) is 9.59 Å². The monoisotopic (exact) mass is 342 g/mol. The molecule has 1 aromatic carbocycles. The largest absolute Gasteiger partial charge is 0.478 e. The molecule has 1 heterocycles. The molecule has 108 valence electrons. The van der Waals surface area contributed by atoms with Gasteiger partial charge in [0.25, 0.3) is 0 Å². The molecule has 1 fully saturated rings. The molecule has 2 amide bonds. The van der Waals surface area contributed by atoms with Crippen molar-refractivity contribution in [2.75, 3.05) is 25.5 Å². The number of carboxylic acids is 1. The van der Waals surface area contributed by atoms with Crippen molar-refractivity contribution in [2.24, 2.45) is 0 Å². The fourth-order valence-corrected chi connectivity index (χ4v) is 2.59. The smallest absolute Gasteiger partial charge is 0.335 e. The minimum absolute atomic E-state index is 0.0674. The Bertz CT molecular complexity index is 535. The molecule has 1 aliphatic rings. The van der Waals surface area contributed by atoms with E-state index in [0.717, 1.165) is 6.42 Å². The van der Waals surface area contributed by atoms with Gasteiger partial charge in [0.05, 0.1) is 11.7 Å². The number of methoxy groups -OCH3 is 1. The Kier molecular flexibility index (Phi) is 4.61. The molecule has 0 saturated carbocycles. The van der Waals surface area contributed by atoms with Gasteiger partial charge in [0.2, 0.25) is 0 Å². The van der Waals surface area contributed by atoms with Crippen molar-refractivity contribution >= 4 is 33.6 Å². The molecule has 0 radical (unpaired) electrons. The molecule has 0 bridgehead atoms. The topological polar surface area (TPSA) is 78.9 Å². The second-order valence-electron chi connectivity index (χ2n) is 4.56. The fourth-order valence-electron chi connectivity index (χ4n) is 2.09. The van der Waals surface area contributed by atoms with E-state index in [-0.39, 0.29) is 17.7 Å². The quantitative estimate of drug-likeness (QED) is 0.883. The molecule has 2 N–H and O–H groups in total. The summed E-state index contributed by atoms with van der Waals surface area (Å²) in [5.41, 5.74) is 0.563. The van der Waals surface area contributed by atoms with Crippen LogP contribution in [0, 0.1) is 0 Å². The molecule has 7 heteroatoms. The van der Waals surface area contributed by atoms with Gasteiger partial charge in [0, 0.05) is 30.4 Å². The summed E-state index contributed by atoms with van der Waals surface area (Å²) in [6, 6.07) is 4.32. The van der Waals surface area contributed by atoms with E-state index in [1.807, 2.05) is 0 Å². The number of halogens is 1. The Morgan fingerprint density at radius 1 is 1.45 bits per heavy atom. The Morgan fingerprint density at radius 2 is 2.20 bits per heavy atom. The van der Waals surface area contributed by atoms with Gasteiger partial charge in [-0.25, -0.2) is 9.59 Å². The Balaban J connectivity index is 2.06. The lowest BCUT2D eigenvalue weighted by Crippen LogP contribution is -2.33. The van der Waals surface area contributed by atoms with Gasteiger partial charge in [0.1, 0.15) is 0 Å². The van der Waals surface area contributed by atoms with Crippen LogP contribution in [-0.4, -0.2) is 48.3 Å². The maximum atomic E-state index is 12.1. The third kappa shape index (κ3) is 3.49. The van der Waals surface area contributed by atoms with Crippen LogP contribution in [0.25, 0.3) is 0 Å². The van der Waals surface area contributed by atoms with Gasteiger partial charge in [0.15, 0.2) is 0 Å². The SMILES string of the molecule is COC1CCN(C(=O)Nc2cc(Br)cc(C(=O)O)c2)C1. The van der Waals surface area contributed by atoms with E-state index in [0.29, 0.717) is 23.2 Å². The lowest BCUT2D eigenvalue weighted by atomic mass is 10.2. The van der Waals surface area contributed by atoms with Crippen LogP contribution in [0.2, 0.25) is 0 Å². The summed E-state index contributed by atoms with van der Waals surface area (Å²) in [5, 5.41) is 11.7. The number of ether oxygens (including phenoxy) is 1. The molecule has 2 rings (SSSR count). The zero-order chi connectivity index (χ0) is 14.7. The van der Waals surface area contributed by atoms with Crippen molar-refractivity contribution in [2.45, 2.75) is 12.5 Å². The van der Waals surface area contributed by atoms with Crippen molar-refractivity contribution < 1.29 is 19.4 Å². The first-order chi connectivity index (χ1) is 9.49. The van der Waals surface area contributed by atoms with E-state index < -0.39 is 5.97 Å². The van der Waals surface area contributed by atoms with Crippen LogP contribution in [0.4, 0.5) is 10.5 Å². The van der Waals surface area contributed by atoms with Gasteiger partial charge < -0.3 is 20.1 Å². The molecule has 1 aliphatic heterocycles. The minimum Gasteiger partial charge on any atom is -0.478 e. The first-order valence-electron chi connectivity index (χ1n) is 6.12. The number of carboxylic acid groups (broad SMARTS) is 1. The molecule has 20 heavy (non-hydrogen) atoms. The van der Waals surface area contributed by atoms with Gasteiger partial charge >= 0.3 is 12.0 Å². The number of likely N-dealkylation sites (tertiary alicyclic amines) is 1. The molecular weight excluding hydrogens is 328 g/mol. The Morgan fingerprint density at radius 3 is 2.80 bits per heavy atom. The van der Waals surface area contributed by atoms with E-state index in [1.54, 1.807) is 18.1 Å². The number of carbonyl (C=O) groups is 2. The molecule has 0 aromatic heterocycles. The van der Waals surface area contributed by atoms with Crippen LogP contribution < -0.4 is 5.32 Å². The van der Waals surface area contributed by atoms with Crippen molar-refractivity contribution in [1.82, 2.24) is 4.90 Å². The Hall–Kier alpha value is -1.60. The molecule has 1 saturated heterocycles. The highest BCUT2D eigenvalue weighted by atomic mass is 79.9. The molecule has 1 aromatic rings. The van der Waals surface area contributed by atoms with Crippen LogP contribution in [0.1, 0.15) is 16.8 Å². The summed E-state index contributed by atoms with van der Waals surface area (Å²) >= 11 is 3.23. The Labute approximate surface area is 124 Å². The highest BCUT2D eigenvalue weighted by molar-refractivity contribution is 9.10. The number of anilines is 1. The number of benzene rings is 1. The third-order valence-electron chi connectivity index (χ3n) is 3.16. The molecule has 0 aliphatic carbocycles. The van der Waals surface area contributed by atoms with Gasteiger partial charge in [-0.3, -0.25) is 0 Å². The van der Waals surface area contributed by atoms with Crippen LogP contribution in [0.15, 0.2) is 22.7 Å². The van der Waals surface area contributed by atoms with Crippen LogP contribution in [0.3, 0.4) is 0 Å². The van der Waals surface area contributed by atoms with E-state index >= 15 is 0 Å². The number of nitrogens with zero attached hydrogens (tertiary/aromatic N) is 1. The second kappa shape index (κ2) is 6.23. The number of carbonyl (C=O) groups excluding carboxylic acids is 1. The highest BCUT2D eigenvalue weighted by Gasteiger charge is 2.26.